The second-order valence-corrected chi connectivity index (χ2v) is 6.08. The highest BCUT2D eigenvalue weighted by Crippen LogP contribution is 2.32. The second kappa shape index (κ2) is 5.58. The summed E-state index contributed by atoms with van der Waals surface area (Å²) in [5.41, 5.74) is 1.18. The Labute approximate surface area is 133 Å². The summed E-state index contributed by atoms with van der Waals surface area (Å²) in [6.07, 6.45) is 0. The van der Waals surface area contributed by atoms with E-state index in [1.54, 1.807) is 24.3 Å². The van der Waals surface area contributed by atoms with Crippen LogP contribution in [-0.2, 0) is 0 Å². The number of benzene rings is 2. The maximum atomic E-state index is 12.6. The number of ether oxygens (including phenoxy) is 2. The fourth-order valence-corrected chi connectivity index (χ4v) is 2.80. The highest BCUT2D eigenvalue weighted by atomic mass is 79.9. The normalized spacial score (nSPS) is 13.1. The molecule has 0 radical (unpaired) electrons. The molecule has 0 saturated carbocycles. The molecule has 0 N–H and O–H groups in total. The number of halogens is 2. The standard InChI is InChI=1S/C15H10Br2O3/c16-10-2-3-12(17)11(8-10)15(18)9-1-4-13-14(7-9)20-6-5-19-13/h1-4,7-8H,5-6H2. The molecule has 0 bridgehead atoms. The number of rotatable bonds is 2. The lowest BCUT2D eigenvalue weighted by Crippen LogP contribution is -2.16. The van der Waals surface area contributed by atoms with Crippen molar-refractivity contribution in [3.05, 3.63) is 56.5 Å². The van der Waals surface area contributed by atoms with Crippen molar-refractivity contribution < 1.29 is 14.3 Å². The molecule has 20 heavy (non-hydrogen) atoms. The average molecular weight is 398 g/mol. The molecule has 3 rings (SSSR count). The Morgan fingerprint density at radius 3 is 2.50 bits per heavy atom. The molecule has 2 aromatic rings. The number of carbonyl (C=O) groups excluding carboxylic acids is 1. The average Bonchev–Trinajstić information content (AvgIpc) is 2.48. The van der Waals surface area contributed by atoms with Crippen molar-refractivity contribution in [3.63, 3.8) is 0 Å². The van der Waals surface area contributed by atoms with Gasteiger partial charge in [0.25, 0.3) is 0 Å². The van der Waals surface area contributed by atoms with Crippen molar-refractivity contribution in [2.24, 2.45) is 0 Å². The molecule has 0 aromatic heterocycles. The monoisotopic (exact) mass is 396 g/mol. The van der Waals surface area contributed by atoms with E-state index >= 15 is 0 Å². The predicted molar refractivity (Wildman–Crippen MR) is 82.7 cm³/mol. The van der Waals surface area contributed by atoms with E-state index in [1.807, 2.05) is 12.1 Å². The summed E-state index contributed by atoms with van der Waals surface area (Å²) in [5.74, 6) is 1.24. The van der Waals surface area contributed by atoms with Crippen molar-refractivity contribution in [1.82, 2.24) is 0 Å². The van der Waals surface area contributed by atoms with Gasteiger partial charge in [0.15, 0.2) is 17.3 Å². The molecular weight excluding hydrogens is 388 g/mol. The van der Waals surface area contributed by atoms with E-state index in [1.165, 1.54) is 0 Å². The van der Waals surface area contributed by atoms with Gasteiger partial charge in [0, 0.05) is 20.1 Å². The first kappa shape index (κ1) is 13.6. The van der Waals surface area contributed by atoms with Crippen LogP contribution >= 0.6 is 31.9 Å². The Kier molecular flexibility index (Phi) is 3.81. The molecule has 0 atom stereocenters. The van der Waals surface area contributed by atoms with Crippen LogP contribution in [0.15, 0.2) is 45.3 Å². The van der Waals surface area contributed by atoms with Crippen LogP contribution in [0.5, 0.6) is 11.5 Å². The molecule has 0 saturated heterocycles. The van der Waals surface area contributed by atoms with Crippen molar-refractivity contribution in [2.75, 3.05) is 13.2 Å². The largest absolute Gasteiger partial charge is 0.486 e. The van der Waals surface area contributed by atoms with Crippen molar-refractivity contribution in [3.8, 4) is 11.5 Å². The summed E-state index contributed by atoms with van der Waals surface area (Å²) in [4.78, 5) is 12.6. The molecule has 5 heteroatoms. The van der Waals surface area contributed by atoms with Crippen LogP contribution in [0.25, 0.3) is 0 Å². The maximum absolute atomic E-state index is 12.6. The van der Waals surface area contributed by atoms with Crippen LogP contribution < -0.4 is 9.47 Å². The molecule has 2 aromatic carbocycles. The van der Waals surface area contributed by atoms with Crippen LogP contribution in [0.2, 0.25) is 0 Å². The molecule has 102 valence electrons. The minimum absolute atomic E-state index is 0.0600. The van der Waals surface area contributed by atoms with Crippen LogP contribution in [0.4, 0.5) is 0 Å². The smallest absolute Gasteiger partial charge is 0.194 e. The van der Waals surface area contributed by atoms with Crippen LogP contribution in [-0.4, -0.2) is 19.0 Å². The highest BCUT2D eigenvalue weighted by Gasteiger charge is 2.17. The summed E-state index contributed by atoms with van der Waals surface area (Å²) < 4.78 is 12.6. The van der Waals surface area contributed by atoms with E-state index in [0.717, 1.165) is 8.95 Å². The molecule has 0 fully saturated rings. The molecule has 0 unspecified atom stereocenters. The van der Waals surface area contributed by atoms with Gasteiger partial charge in [0.2, 0.25) is 0 Å². The first-order valence-electron chi connectivity index (χ1n) is 6.04. The topological polar surface area (TPSA) is 35.5 Å². The lowest BCUT2D eigenvalue weighted by molar-refractivity contribution is 0.103. The summed E-state index contributed by atoms with van der Waals surface area (Å²) in [6, 6.07) is 10.8. The van der Waals surface area contributed by atoms with Gasteiger partial charge in [-0.1, -0.05) is 31.9 Å². The number of hydrogen-bond donors (Lipinski definition) is 0. The van der Waals surface area contributed by atoms with Gasteiger partial charge in [-0.15, -0.1) is 0 Å². The van der Waals surface area contributed by atoms with E-state index in [-0.39, 0.29) is 5.78 Å². The summed E-state index contributed by atoms with van der Waals surface area (Å²) in [5, 5.41) is 0. The Hall–Kier alpha value is -1.33. The number of ketones is 1. The second-order valence-electron chi connectivity index (χ2n) is 4.31. The predicted octanol–water partition coefficient (Wildman–Crippen LogP) is 4.21. The number of fused-ring (bicyclic) bond motifs is 1. The van der Waals surface area contributed by atoms with E-state index in [4.69, 9.17) is 9.47 Å². The minimum atomic E-state index is -0.0600. The fourth-order valence-electron chi connectivity index (χ4n) is 2.01. The van der Waals surface area contributed by atoms with Gasteiger partial charge in [-0.3, -0.25) is 4.79 Å². The van der Waals surface area contributed by atoms with Crippen LogP contribution in [0, 0.1) is 0 Å². The SMILES string of the molecule is O=C(c1ccc2c(c1)OCCO2)c1cc(Br)ccc1Br. The van der Waals surface area contributed by atoms with Gasteiger partial charge in [0.1, 0.15) is 13.2 Å². The van der Waals surface area contributed by atoms with Crippen molar-refractivity contribution in [2.45, 2.75) is 0 Å². The Morgan fingerprint density at radius 2 is 1.70 bits per heavy atom. The Bertz CT molecular complexity index is 683. The molecule has 1 heterocycles. The molecule has 1 aliphatic rings. The fraction of sp³-hybridized carbons (Fsp3) is 0.133. The summed E-state index contributed by atoms with van der Waals surface area (Å²) in [6.45, 7) is 1.04. The third kappa shape index (κ3) is 2.60. The third-order valence-corrected chi connectivity index (χ3v) is 4.16. The molecule has 0 aliphatic carbocycles. The molecular formula is C15H10Br2O3. The Balaban J connectivity index is 2.00. The van der Waals surface area contributed by atoms with Gasteiger partial charge in [-0.05, 0) is 36.4 Å². The van der Waals surface area contributed by atoms with E-state index < -0.39 is 0 Å². The zero-order valence-corrected chi connectivity index (χ0v) is 13.5. The van der Waals surface area contributed by atoms with Crippen molar-refractivity contribution in [1.29, 1.82) is 0 Å². The summed E-state index contributed by atoms with van der Waals surface area (Å²) in [7, 11) is 0. The zero-order chi connectivity index (χ0) is 14.1. The first-order valence-corrected chi connectivity index (χ1v) is 7.63. The van der Waals surface area contributed by atoms with Gasteiger partial charge >= 0.3 is 0 Å². The van der Waals surface area contributed by atoms with E-state index in [9.17, 15) is 4.79 Å². The molecule has 1 aliphatic heterocycles. The van der Waals surface area contributed by atoms with Crippen LogP contribution in [0.3, 0.4) is 0 Å². The summed E-state index contributed by atoms with van der Waals surface area (Å²) >= 11 is 6.79. The molecule has 0 amide bonds. The lowest BCUT2D eigenvalue weighted by atomic mass is 10.0. The first-order chi connectivity index (χ1) is 9.65. The van der Waals surface area contributed by atoms with Crippen molar-refractivity contribution >= 4 is 37.6 Å². The minimum Gasteiger partial charge on any atom is -0.486 e. The number of carbonyl (C=O) groups is 1. The Morgan fingerprint density at radius 1 is 0.950 bits per heavy atom. The molecule has 0 spiro atoms. The van der Waals surface area contributed by atoms with Gasteiger partial charge in [-0.2, -0.15) is 0 Å². The third-order valence-electron chi connectivity index (χ3n) is 2.98. The zero-order valence-electron chi connectivity index (χ0n) is 10.4. The van der Waals surface area contributed by atoms with E-state index in [2.05, 4.69) is 31.9 Å². The highest BCUT2D eigenvalue weighted by molar-refractivity contribution is 9.11. The van der Waals surface area contributed by atoms with Crippen LogP contribution in [0.1, 0.15) is 15.9 Å². The lowest BCUT2D eigenvalue weighted by Gasteiger charge is -2.18. The number of hydrogen-bond acceptors (Lipinski definition) is 3. The quantitative estimate of drug-likeness (QED) is 0.712. The van der Waals surface area contributed by atoms with E-state index in [0.29, 0.717) is 35.8 Å². The maximum Gasteiger partial charge on any atom is 0.194 e. The van der Waals surface area contributed by atoms with Gasteiger partial charge in [0.05, 0.1) is 0 Å². The van der Waals surface area contributed by atoms with Gasteiger partial charge < -0.3 is 9.47 Å². The van der Waals surface area contributed by atoms with Gasteiger partial charge in [-0.25, -0.2) is 0 Å². The molecule has 3 nitrogen and oxygen atoms in total.